The summed E-state index contributed by atoms with van der Waals surface area (Å²) in [7, 11) is -3.25. The van der Waals surface area contributed by atoms with Crippen LogP contribution in [0.1, 0.15) is 30.0 Å². The van der Waals surface area contributed by atoms with Crippen LogP contribution in [0.4, 0.5) is 0 Å². The topological polar surface area (TPSA) is 97.5 Å². The number of nitrogens with zero attached hydrogens (tertiary/aromatic N) is 1. The molecule has 0 aliphatic carbocycles. The van der Waals surface area contributed by atoms with Crippen LogP contribution in [0.25, 0.3) is 11.3 Å². The molecule has 21 heavy (non-hydrogen) atoms. The second kappa shape index (κ2) is 5.00. The molecule has 0 unspecified atom stereocenters. The molecule has 0 amide bonds. The minimum absolute atomic E-state index is 0.245. The summed E-state index contributed by atoms with van der Waals surface area (Å²) in [5, 5.41) is 12.5. The van der Waals surface area contributed by atoms with E-state index in [4.69, 9.17) is 5.11 Å². The third kappa shape index (κ3) is 2.82. The first-order valence-electron chi connectivity index (χ1n) is 6.13. The first kappa shape index (κ1) is 15.2. The Balaban J connectivity index is 2.37. The molecule has 0 saturated heterocycles. The van der Waals surface area contributed by atoms with Gasteiger partial charge in [0.2, 0.25) is 5.76 Å². The summed E-state index contributed by atoms with van der Waals surface area (Å²) in [6.45, 7) is 3.27. The monoisotopic (exact) mass is 309 g/mol. The molecule has 1 aromatic heterocycles. The third-order valence-corrected chi connectivity index (χ3v) is 5.61. The summed E-state index contributed by atoms with van der Waals surface area (Å²) in [4.78, 5) is 10.7. The molecule has 112 valence electrons. The number of rotatable bonds is 4. The lowest BCUT2D eigenvalue weighted by atomic mass is 10.00. The van der Waals surface area contributed by atoms with Crippen LogP contribution in [0.15, 0.2) is 34.9 Å². The van der Waals surface area contributed by atoms with Crippen LogP contribution in [0, 0.1) is 0 Å². The number of aromatic nitrogens is 1. The highest BCUT2D eigenvalue weighted by Crippen LogP contribution is 2.30. The van der Waals surface area contributed by atoms with Crippen molar-refractivity contribution in [3.63, 3.8) is 0 Å². The molecule has 0 aliphatic rings. The summed E-state index contributed by atoms with van der Waals surface area (Å²) in [5.74, 6) is -1.44. The maximum absolute atomic E-state index is 11.8. The molecule has 7 heteroatoms. The number of hydrogen-bond acceptors (Lipinski definition) is 5. The molecular formula is C14H15NO5S. The Bertz CT molecular complexity index is 772. The van der Waals surface area contributed by atoms with Crippen LogP contribution in [-0.2, 0) is 14.6 Å². The molecule has 0 saturated carbocycles. The van der Waals surface area contributed by atoms with Gasteiger partial charge < -0.3 is 9.63 Å². The number of carboxylic acids is 1. The fourth-order valence-electron chi connectivity index (χ4n) is 1.77. The predicted molar refractivity (Wildman–Crippen MR) is 76.8 cm³/mol. The van der Waals surface area contributed by atoms with E-state index in [1.807, 2.05) is 0 Å². The molecule has 1 aromatic carbocycles. The molecule has 6 nitrogen and oxygen atoms in total. The van der Waals surface area contributed by atoms with E-state index < -0.39 is 20.6 Å². The fourth-order valence-corrected chi connectivity index (χ4v) is 2.33. The van der Waals surface area contributed by atoms with E-state index in [0.29, 0.717) is 16.8 Å². The van der Waals surface area contributed by atoms with Gasteiger partial charge in [-0.05, 0) is 19.4 Å². The lowest BCUT2D eigenvalue weighted by Crippen LogP contribution is -2.27. The van der Waals surface area contributed by atoms with Crippen molar-refractivity contribution in [2.45, 2.75) is 18.6 Å². The molecule has 2 aromatic rings. The van der Waals surface area contributed by atoms with E-state index in [-0.39, 0.29) is 5.76 Å². The van der Waals surface area contributed by atoms with Crippen molar-refractivity contribution in [2.75, 3.05) is 6.26 Å². The Morgan fingerprint density at radius 1 is 1.24 bits per heavy atom. The van der Waals surface area contributed by atoms with Gasteiger partial charge in [-0.2, -0.15) is 0 Å². The molecule has 2 rings (SSSR count). The van der Waals surface area contributed by atoms with E-state index in [1.165, 1.54) is 12.3 Å². The number of carbonyl (C=O) groups is 1. The second-order valence-corrected chi connectivity index (χ2v) is 7.81. The summed E-state index contributed by atoms with van der Waals surface area (Å²) in [6.07, 6.45) is 1.19. The molecule has 0 aliphatic heterocycles. The minimum atomic E-state index is -3.25. The molecule has 0 bridgehead atoms. The number of sulfone groups is 1. The number of benzene rings is 1. The second-order valence-electron chi connectivity index (χ2n) is 5.24. The fraction of sp³-hybridized carbons (Fsp3) is 0.286. The van der Waals surface area contributed by atoms with Crippen molar-refractivity contribution in [3.8, 4) is 11.3 Å². The van der Waals surface area contributed by atoms with Gasteiger partial charge in [-0.15, -0.1) is 0 Å². The van der Waals surface area contributed by atoms with Crippen molar-refractivity contribution in [1.82, 2.24) is 5.16 Å². The van der Waals surface area contributed by atoms with Crippen molar-refractivity contribution < 1.29 is 22.8 Å². The highest BCUT2D eigenvalue weighted by atomic mass is 32.2. The number of hydrogen-bond donors (Lipinski definition) is 1. The lowest BCUT2D eigenvalue weighted by molar-refractivity contribution is 0.0652. The Kier molecular flexibility index (Phi) is 3.63. The average Bonchev–Trinajstić information content (AvgIpc) is 2.87. The van der Waals surface area contributed by atoms with Crippen LogP contribution < -0.4 is 0 Å². The van der Waals surface area contributed by atoms with Gasteiger partial charge in [0.05, 0.1) is 4.75 Å². The summed E-state index contributed by atoms with van der Waals surface area (Å²) < 4.78 is 27.3. The Hall–Kier alpha value is -2.15. The van der Waals surface area contributed by atoms with E-state index in [9.17, 15) is 13.2 Å². The lowest BCUT2D eigenvalue weighted by Gasteiger charge is -2.23. The first-order chi connectivity index (χ1) is 9.63. The molecular weight excluding hydrogens is 294 g/mol. The van der Waals surface area contributed by atoms with Gasteiger partial charge in [0, 0.05) is 17.9 Å². The first-order valence-corrected chi connectivity index (χ1v) is 8.02. The van der Waals surface area contributed by atoms with Gasteiger partial charge in [0.1, 0.15) is 5.69 Å². The molecule has 0 atom stereocenters. The number of aromatic carboxylic acids is 1. The summed E-state index contributed by atoms with van der Waals surface area (Å²) >= 11 is 0. The van der Waals surface area contributed by atoms with Crippen LogP contribution in [0.5, 0.6) is 0 Å². The molecule has 0 radical (unpaired) electrons. The Morgan fingerprint density at radius 3 is 2.24 bits per heavy atom. The normalized spacial score (nSPS) is 12.3. The van der Waals surface area contributed by atoms with Gasteiger partial charge in [-0.3, -0.25) is 0 Å². The van der Waals surface area contributed by atoms with Crippen LogP contribution in [0.3, 0.4) is 0 Å². The van der Waals surface area contributed by atoms with E-state index in [2.05, 4.69) is 9.68 Å². The highest BCUT2D eigenvalue weighted by Gasteiger charge is 2.32. The van der Waals surface area contributed by atoms with E-state index in [0.717, 1.165) is 0 Å². The highest BCUT2D eigenvalue weighted by molar-refractivity contribution is 7.91. The van der Waals surface area contributed by atoms with Crippen molar-refractivity contribution >= 4 is 15.8 Å². The minimum Gasteiger partial charge on any atom is -0.475 e. The van der Waals surface area contributed by atoms with Gasteiger partial charge >= 0.3 is 5.97 Å². The standard InChI is InChI=1S/C14H15NO5S/c1-14(2,21(3,18)19)10-6-4-9(5-7-10)11-8-12(13(16)17)20-15-11/h4-8H,1-3H3,(H,16,17). The maximum atomic E-state index is 11.8. The number of carboxylic acid groups (broad SMARTS) is 1. The zero-order chi connectivity index (χ0) is 15.8. The Morgan fingerprint density at radius 2 is 1.81 bits per heavy atom. The van der Waals surface area contributed by atoms with Gasteiger partial charge in [0.15, 0.2) is 9.84 Å². The third-order valence-electron chi connectivity index (χ3n) is 3.52. The van der Waals surface area contributed by atoms with Crippen LogP contribution in [-0.4, -0.2) is 30.9 Å². The van der Waals surface area contributed by atoms with Crippen LogP contribution in [0.2, 0.25) is 0 Å². The SMILES string of the molecule is CC(C)(c1ccc(-c2cc(C(=O)O)on2)cc1)S(C)(=O)=O. The molecule has 0 fully saturated rings. The van der Waals surface area contributed by atoms with Gasteiger partial charge in [-0.25, -0.2) is 13.2 Å². The van der Waals surface area contributed by atoms with E-state index >= 15 is 0 Å². The quantitative estimate of drug-likeness (QED) is 0.930. The average molecular weight is 309 g/mol. The largest absolute Gasteiger partial charge is 0.475 e. The zero-order valence-electron chi connectivity index (χ0n) is 11.8. The van der Waals surface area contributed by atoms with Crippen molar-refractivity contribution in [1.29, 1.82) is 0 Å². The summed E-state index contributed by atoms with van der Waals surface area (Å²) in [6, 6.07) is 8.06. The van der Waals surface area contributed by atoms with E-state index in [1.54, 1.807) is 38.1 Å². The zero-order valence-corrected chi connectivity index (χ0v) is 12.6. The van der Waals surface area contributed by atoms with Gasteiger partial charge in [-0.1, -0.05) is 29.4 Å². The smallest absolute Gasteiger partial charge is 0.374 e. The van der Waals surface area contributed by atoms with Crippen molar-refractivity contribution in [2.24, 2.45) is 0 Å². The Labute approximate surface area is 122 Å². The maximum Gasteiger partial charge on any atom is 0.374 e. The molecule has 1 heterocycles. The molecule has 1 N–H and O–H groups in total. The predicted octanol–water partition coefficient (Wildman–Crippen LogP) is 2.32. The van der Waals surface area contributed by atoms with Crippen molar-refractivity contribution in [3.05, 3.63) is 41.7 Å². The van der Waals surface area contributed by atoms with Crippen LogP contribution >= 0.6 is 0 Å². The summed E-state index contributed by atoms with van der Waals surface area (Å²) in [5.41, 5.74) is 1.69. The van der Waals surface area contributed by atoms with Gasteiger partial charge in [0.25, 0.3) is 0 Å². The molecule has 0 spiro atoms.